The number of nitrogens with one attached hydrogen (secondary N) is 2. The SMILES string of the molecule is Cc1ccc(NC(=O)N[C@@H](Cc2ccccc2)C(=O)N2CCc3ccccc32)c(C)c1. The van der Waals surface area contributed by atoms with Crippen molar-refractivity contribution in [3.63, 3.8) is 0 Å². The van der Waals surface area contributed by atoms with Crippen LogP contribution in [0, 0.1) is 13.8 Å². The number of rotatable bonds is 5. The first-order chi connectivity index (χ1) is 15.0. The molecular weight excluding hydrogens is 386 g/mol. The predicted molar refractivity (Wildman–Crippen MR) is 125 cm³/mol. The fraction of sp³-hybridized carbons (Fsp3) is 0.231. The first-order valence-corrected chi connectivity index (χ1v) is 10.6. The molecule has 5 nitrogen and oxygen atoms in total. The molecule has 5 heteroatoms. The molecule has 158 valence electrons. The minimum Gasteiger partial charge on any atom is -0.326 e. The Balaban J connectivity index is 1.54. The van der Waals surface area contributed by atoms with Crippen molar-refractivity contribution in [3.8, 4) is 0 Å². The molecule has 31 heavy (non-hydrogen) atoms. The summed E-state index contributed by atoms with van der Waals surface area (Å²) in [5.41, 5.74) is 5.94. The standard InChI is InChI=1S/C26H27N3O2/c1-18-12-13-22(19(2)16-18)27-26(31)28-23(17-20-8-4-3-5-9-20)25(30)29-15-14-21-10-6-7-11-24(21)29/h3-13,16,23H,14-15,17H2,1-2H3,(H2,27,28,31)/t23-/m0/s1. The summed E-state index contributed by atoms with van der Waals surface area (Å²) in [6, 6.07) is 22.5. The van der Waals surface area contributed by atoms with Gasteiger partial charge in [0.05, 0.1) is 0 Å². The third-order valence-electron chi connectivity index (χ3n) is 5.67. The Bertz CT molecular complexity index is 1090. The molecule has 3 aromatic rings. The normalized spacial score (nSPS) is 13.4. The van der Waals surface area contributed by atoms with Gasteiger partial charge in [0.1, 0.15) is 6.04 Å². The highest BCUT2D eigenvalue weighted by atomic mass is 16.2. The van der Waals surface area contributed by atoms with Crippen molar-refractivity contribution in [2.45, 2.75) is 32.7 Å². The van der Waals surface area contributed by atoms with Gasteiger partial charge in [-0.3, -0.25) is 4.79 Å². The summed E-state index contributed by atoms with van der Waals surface area (Å²) in [7, 11) is 0. The number of nitrogens with zero attached hydrogens (tertiary/aromatic N) is 1. The van der Waals surface area contributed by atoms with E-state index in [0.29, 0.717) is 13.0 Å². The van der Waals surface area contributed by atoms with Gasteiger partial charge in [-0.15, -0.1) is 0 Å². The molecule has 0 bridgehead atoms. The van der Waals surface area contributed by atoms with E-state index in [4.69, 9.17) is 0 Å². The first-order valence-electron chi connectivity index (χ1n) is 10.6. The highest BCUT2D eigenvalue weighted by molar-refractivity contribution is 6.02. The average Bonchev–Trinajstić information content (AvgIpc) is 3.20. The van der Waals surface area contributed by atoms with Crippen LogP contribution in [0.4, 0.5) is 16.2 Å². The maximum absolute atomic E-state index is 13.5. The third-order valence-corrected chi connectivity index (χ3v) is 5.67. The van der Waals surface area contributed by atoms with Crippen LogP contribution in [-0.2, 0) is 17.6 Å². The molecule has 1 heterocycles. The lowest BCUT2D eigenvalue weighted by Crippen LogP contribution is -2.50. The van der Waals surface area contributed by atoms with Crippen LogP contribution in [0.2, 0.25) is 0 Å². The summed E-state index contributed by atoms with van der Waals surface area (Å²) in [6.45, 7) is 4.60. The van der Waals surface area contributed by atoms with Gasteiger partial charge in [0.25, 0.3) is 0 Å². The van der Waals surface area contributed by atoms with E-state index in [1.807, 2.05) is 80.6 Å². The third kappa shape index (κ3) is 4.77. The van der Waals surface area contributed by atoms with Gasteiger partial charge in [0.2, 0.25) is 5.91 Å². The molecule has 0 radical (unpaired) electrons. The molecule has 0 fully saturated rings. The number of aryl methyl sites for hydroxylation is 2. The van der Waals surface area contributed by atoms with E-state index in [2.05, 4.69) is 16.7 Å². The molecule has 4 rings (SSSR count). The highest BCUT2D eigenvalue weighted by Crippen LogP contribution is 2.28. The van der Waals surface area contributed by atoms with Crippen molar-refractivity contribution in [1.82, 2.24) is 5.32 Å². The molecule has 1 atom stereocenters. The lowest BCUT2D eigenvalue weighted by molar-refractivity contribution is -0.120. The number of anilines is 2. The summed E-state index contributed by atoms with van der Waals surface area (Å²) < 4.78 is 0. The van der Waals surface area contributed by atoms with Crippen molar-refractivity contribution >= 4 is 23.3 Å². The van der Waals surface area contributed by atoms with Gasteiger partial charge in [0, 0.05) is 24.3 Å². The van der Waals surface area contributed by atoms with E-state index in [1.165, 1.54) is 0 Å². The number of carbonyl (C=O) groups excluding carboxylic acids is 2. The number of para-hydroxylation sites is 1. The van der Waals surface area contributed by atoms with Gasteiger partial charge in [-0.05, 0) is 49.1 Å². The number of fused-ring (bicyclic) bond motifs is 1. The second-order valence-corrected chi connectivity index (χ2v) is 8.03. The minimum absolute atomic E-state index is 0.0930. The zero-order chi connectivity index (χ0) is 21.8. The molecule has 2 N–H and O–H groups in total. The van der Waals surface area contributed by atoms with Crippen molar-refractivity contribution in [2.75, 3.05) is 16.8 Å². The van der Waals surface area contributed by atoms with Gasteiger partial charge in [-0.2, -0.15) is 0 Å². The number of benzene rings is 3. The van der Waals surface area contributed by atoms with Crippen molar-refractivity contribution in [1.29, 1.82) is 0 Å². The Hall–Kier alpha value is -3.60. The summed E-state index contributed by atoms with van der Waals surface area (Å²) in [5.74, 6) is -0.0930. The Morgan fingerprint density at radius 1 is 0.968 bits per heavy atom. The first kappa shape index (κ1) is 20.7. The van der Waals surface area contributed by atoms with Crippen molar-refractivity contribution < 1.29 is 9.59 Å². The summed E-state index contributed by atoms with van der Waals surface area (Å²) in [5, 5.41) is 5.82. The molecule has 1 aliphatic heterocycles. The summed E-state index contributed by atoms with van der Waals surface area (Å²) >= 11 is 0. The number of carbonyl (C=O) groups is 2. The van der Waals surface area contributed by atoms with E-state index in [1.54, 1.807) is 4.90 Å². The molecule has 0 aliphatic carbocycles. The fourth-order valence-electron chi connectivity index (χ4n) is 4.08. The van der Waals surface area contributed by atoms with E-state index >= 15 is 0 Å². The van der Waals surface area contributed by atoms with Crippen LogP contribution in [0.25, 0.3) is 0 Å². The van der Waals surface area contributed by atoms with Gasteiger partial charge >= 0.3 is 6.03 Å². The summed E-state index contributed by atoms with van der Waals surface area (Å²) in [4.78, 5) is 28.1. The van der Waals surface area contributed by atoms with Crippen LogP contribution in [0.3, 0.4) is 0 Å². The number of hydrogen-bond donors (Lipinski definition) is 2. The molecule has 0 unspecified atom stereocenters. The maximum Gasteiger partial charge on any atom is 0.319 e. The number of urea groups is 1. The van der Waals surface area contributed by atoms with E-state index in [0.717, 1.165) is 40.0 Å². The van der Waals surface area contributed by atoms with Crippen molar-refractivity contribution in [2.24, 2.45) is 0 Å². The molecule has 3 aromatic carbocycles. The van der Waals surface area contributed by atoms with Gasteiger partial charge in [-0.1, -0.05) is 66.2 Å². The Morgan fingerprint density at radius 3 is 2.48 bits per heavy atom. The van der Waals surface area contributed by atoms with Gasteiger partial charge in [0.15, 0.2) is 0 Å². The lowest BCUT2D eigenvalue weighted by Gasteiger charge is -2.25. The zero-order valence-corrected chi connectivity index (χ0v) is 17.9. The quantitative estimate of drug-likeness (QED) is 0.641. The van der Waals surface area contributed by atoms with E-state index < -0.39 is 6.04 Å². The molecule has 0 aromatic heterocycles. The van der Waals surface area contributed by atoms with Gasteiger partial charge < -0.3 is 15.5 Å². The average molecular weight is 414 g/mol. The Labute approximate surface area is 183 Å². The van der Waals surface area contributed by atoms with Crippen LogP contribution in [0.5, 0.6) is 0 Å². The van der Waals surface area contributed by atoms with Crippen LogP contribution in [-0.4, -0.2) is 24.5 Å². The molecule has 0 saturated carbocycles. The molecule has 3 amide bonds. The van der Waals surface area contributed by atoms with E-state index in [9.17, 15) is 9.59 Å². The van der Waals surface area contributed by atoms with E-state index in [-0.39, 0.29) is 11.9 Å². The molecular formula is C26H27N3O2. The summed E-state index contributed by atoms with van der Waals surface area (Å²) in [6.07, 6.45) is 1.26. The number of hydrogen-bond acceptors (Lipinski definition) is 2. The maximum atomic E-state index is 13.5. The smallest absolute Gasteiger partial charge is 0.319 e. The largest absolute Gasteiger partial charge is 0.326 e. The Morgan fingerprint density at radius 2 is 1.71 bits per heavy atom. The van der Waals surface area contributed by atoms with Crippen molar-refractivity contribution in [3.05, 3.63) is 95.1 Å². The molecule has 1 aliphatic rings. The van der Waals surface area contributed by atoms with Gasteiger partial charge in [-0.25, -0.2) is 4.79 Å². The van der Waals surface area contributed by atoms with Crippen LogP contribution in [0.1, 0.15) is 22.3 Å². The second kappa shape index (κ2) is 9.04. The Kier molecular flexibility index (Phi) is 6.03. The van der Waals surface area contributed by atoms with Crippen LogP contribution >= 0.6 is 0 Å². The topological polar surface area (TPSA) is 61.4 Å². The van der Waals surface area contributed by atoms with Crippen LogP contribution in [0.15, 0.2) is 72.8 Å². The number of amides is 3. The highest BCUT2D eigenvalue weighted by Gasteiger charge is 2.31. The van der Waals surface area contributed by atoms with Crippen LogP contribution < -0.4 is 15.5 Å². The minimum atomic E-state index is -0.667. The fourth-order valence-corrected chi connectivity index (χ4v) is 4.08. The zero-order valence-electron chi connectivity index (χ0n) is 17.9. The predicted octanol–water partition coefficient (Wildman–Crippen LogP) is 4.63. The molecule has 0 saturated heterocycles. The lowest BCUT2D eigenvalue weighted by atomic mass is 10.0. The molecule has 0 spiro atoms. The second-order valence-electron chi connectivity index (χ2n) is 8.03. The monoisotopic (exact) mass is 413 g/mol.